The van der Waals surface area contributed by atoms with E-state index in [0.717, 1.165) is 49.8 Å². The van der Waals surface area contributed by atoms with Crippen molar-refractivity contribution in [3.63, 3.8) is 0 Å². The Morgan fingerprint density at radius 2 is 2.27 bits per heavy atom. The first kappa shape index (κ1) is 10.2. The van der Waals surface area contributed by atoms with Gasteiger partial charge in [-0.2, -0.15) is 0 Å². The second kappa shape index (κ2) is 4.49. The molecule has 1 saturated heterocycles. The van der Waals surface area contributed by atoms with Crippen molar-refractivity contribution in [2.75, 3.05) is 36.9 Å². The molecule has 0 aliphatic carbocycles. The van der Waals surface area contributed by atoms with Crippen molar-refractivity contribution >= 4 is 11.5 Å². The molecule has 1 aliphatic rings. The maximum absolute atomic E-state index is 5.87. The lowest BCUT2D eigenvalue weighted by Gasteiger charge is -2.21. The van der Waals surface area contributed by atoms with Gasteiger partial charge in [0.25, 0.3) is 0 Å². The van der Waals surface area contributed by atoms with Gasteiger partial charge in [0.05, 0.1) is 6.61 Å². The van der Waals surface area contributed by atoms with E-state index in [9.17, 15) is 0 Å². The summed E-state index contributed by atoms with van der Waals surface area (Å²) in [6.07, 6.45) is 2.88. The van der Waals surface area contributed by atoms with Gasteiger partial charge < -0.3 is 15.4 Å². The fourth-order valence-electron chi connectivity index (χ4n) is 1.68. The predicted octanol–water partition coefficient (Wildman–Crippen LogP) is 1.20. The van der Waals surface area contributed by atoms with Crippen LogP contribution in [-0.2, 0) is 4.74 Å². The van der Waals surface area contributed by atoms with Crippen molar-refractivity contribution in [3.05, 3.63) is 17.8 Å². The third kappa shape index (κ3) is 2.39. The minimum Gasteiger partial charge on any atom is -0.398 e. The molecule has 2 heterocycles. The number of anilines is 2. The number of aromatic nitrogens is 1. The zero-order chi connectivity index (χ0) is 10.7. The Morgan fingerprint density at radius 3 is 3.07 bits per heavy atom. The number of hydrogen-bond acceptors (Lipinski definition) is 4. The van der Waals surface area contributed by atoms with Crippen LogP contribution in [0.4, 0.5) is 11.5 Å². The van der Waals surface area contributed by atoms with E-state index in [4.69, 9.17) is 10.5 Å². The Bertz CT molecular complexity index is 333. The Balaban J connectivity index is 2.16. The number of nitrogen functional groups attached to an aromatic ring is 1. The SMILES string of the molecule is Cc1cnc(N2CCCOCC2)cc1N. The molecule has 4 nitrogen and oxygen atoms in total. The van der Waals surface area contributed by atoms with Gasteiger partial charge in [-0.1, -0.05) is 0 Å². The third-order valence-electron chi connectivity index (χ3n) is 2.68. The molecule has 1 aliphatic heterocycles. The molecule has 1 aromatic heterocycles. The van der Waals surface area contributed by atoms with Crippen LogP contribution in [0.3, 0.4) is 0 Å². The fourth-order valence-corrected chi connectivity index (χ4v) is 1.68. The molecule has 0 spiro atoms. The van der Waals surface area contributed by atoms with Gasteiger partial charge in [-0.25, -0.2) is 4.98 Å². The van der Waals surface area contributed by atoms with Crippen molar-refractivity contribution < 1.29 is 4.74 Å². The second-order valence-electron chi connectivity index (χ2n) is 3.85. The van der Waals surface area contributed by atoms with E-state index in [-0.39, 0.29) is 0 Å². The van der Waals surface area contributed by atoms with Gasteiger partial charge in [0, 0.05) is 37.6 Å². The smallest absolute Gasteiger partial charge is 0.130 e. The van der Waals surface area contributed by atoms with Gasteiger partial charge >= 0.3 is 0 Å². The Kier molecular flexibility index (Phi) is 3.06. The maximum atomic E-state index is 5.87. The second-order valence-corrected chi connectivity index (χ2v) is 3.85. The number of rotatable bonds is 1. The van der Waals surface area contributed by atoms with E-state index in [1.807, 2.05) is 19.2 Å². The summed E-state index contributed by atoms with van der Waals surface area (Å²) in [5.74, 6) is 0.962. The summed E-state index contributed by atoms with van der Waals surface area (Å²) in [4.78, 5) is 6.62. The molecule has 15 heavy (non-hydrogen) atoms. The molecule has 0 amide bonds. The lowest BCUT2D eigenvalue weighted by molar-refractivity contribution is 0.152. The standard InChI is InChI=1S/C11H17N3O/c1-9-8-13-11(7-10(9)12)14-3-2-5-15-6-4-14/h7-8H,2-6H2,1H3,(H2,12,13). The number of ether oxygens (including phenoxy) is 1. The van der Waals surface area contributed by atoms with Crippen molar-refractivity contribution in [2.24, 2.45) is 0 Å². The molecule has 4 heteroatoms. The Labute approximate surface area is 90.0 Å². The molecular formula is C11H17N3O. The highest BCUT2D eigenvalue weighted by Crippen LogP contribution is 2.18. The van der Waals surface area contributed by atoms with Crippen LogP contribution in [0.2, 0.25) is 0 Å². The number of aryl methyl sites for hydroxylation is 1. The molecule has 2 rings (SSSR count). The molecule has 0 unspecified atom stereocenters. The van der Waals surface area contributed by atoms with Crippen molar-refractivity contribution in [1.29, 1.82) is 0 Å². The largest absolute Gasteiger partial charge is 0.398 e. The summed E-state index contributed by atoms with van der Waals surface area (Å²) in [5.41, 5.74) is 7.71. The van der Waals surface area contributed by atoms with Gasteiger partial charge in [0.2, 0.25) is 0 Å². The Hall–Kier alpha value is -1.29. The highest BCUT2D eigenvalue weighted by atomic mass is 16.5. The maximum Gasteiger partial charge on any atom is 0.130 e. The van der Waals surface area contributed by atoms with Crippen LogP contribution in [0.25, 0.3) is 0 Å². The molecule has 0 saturated carbocycles. The molecular weight excluding hydrogens is 190 g/mol. The van der Waals surface area contributed by atoms with Crippen LogP contribution in [-0.4, -0.2) is 31.3 Å². The average Bonchev–Trinajstić information content (AvgIpc) is 2.50. The number of nitrogens with zero attached hydrogens (tertiary/aromatic N) is 2. The van der Waals surface area contributed by atoms with Crippen LogP contribution in [0.5, 0.6) is 0 Å². The minimum absolute atomic E-state index is 0.773. The van der Waals surface area contributed by atoms with E-state index in [0.29, 0.717) is 0 Å². The summed E-state index contributed by atoms with van der Waals surface area (Å²) in [5, 5.41) is 0. The zero-order valence-electron chi connectivity index (χ0n) is 9.07. The lowest BCUT2D eigenvalue weighted by Crippen LogP contribution is -2.26. The first-order valence-electron chi connectivity index (χ1n) is 5.32. The van der Waals surface area contributed by atoms with Crippen LogP contribution < -0.4 is 10.6 Å². The molecule has 1 aromatic rings. The number of pyridine rings is 1. The van der Waals surface area contributed by atoms with Crippen molar-refractivity contribution in [3.8, 4) is 0 Å². The minimum atomic E-state index is 0.773. The molecule has 0 radical (unpaired) electrons. The van der Waals surface area contributed by atoms with Crippen molar-refractivity contribution in [2.45, 2.75) is 13.3 Å². The number of nitrogens with two attached hydrogens (primary N) is 1. The van der Waals surface area contributed by atoms with E-state index in [1.54, 1.807) is 0 Å². The van der Waals surface area contributed by atoms with Gasteiger partial charge in [-0.15, -0.1) is 0 Å². The van der Waals surface area contributed by atoms with E-state index < -0.39 is 0 Å². The van der Waals surface area contributed by atoms with Gasteiger partial charge in [0.15, 0.2) is 0 Å². The average molecular weight is 207 g/mol. The van der Waals surface area contributed by atoms with Gasteiger partial charge in [-0.05, 0) is 18.9 Å². The highest BCUT2D eigenvalue weighted by molar-refractivity contribution is 5.54. The number of hydrogen-bond donors (Lipinski definition) is 1. The van der Waals surface area contributed by atoms with Gasteiger partial charge in [-0.3, -0.25) is 0 Å². The molecule has 0 aromatic carbocycles. The Morgan fingerprint density at radius 1 is 1.40 bits per heavy atom. The van der Waals surface area contributed by atoms with E-state index in [2.05, 4.69) is 9.88 Å². The van der Waals surface area contributed by atoms with Crippen LogP contribution in [0, 0.1) is 6.92 Å². The first-order valence-corrected chi connectivity index (χ1v) is 5.32. The topological polar surface area (TPSA) is 51.4 Å². The normalized spacial score (nSPS) is 17.5. The summed E-state index contributed by atoms with van der Waals surface area (Å²) in [6.45, 7) is 5.48. The highest BCUT2D eigenvalue weighted by Gasteiger charge is 2.11. The zero-order valence-corrected chi connectivity index (χ0v) is 9.07. The monoisotopic (exact) mass is 207 g/mol. The predicted molar refractivity (Wildman–Crippen MR) is 61.0 cm³/mol. The summed E-state index contributed by atoms with van der Waals surface area (Å²) in [6, 6.07) is 1.95. The summed E-state index contributed by atoms with van der Waals surface area (Å²) >= 11 is 0. The first-order chi connectivity index (χ1) is 7.27. The fraction of sp³-hybridized carbons (Fsp3) is 0.545. The van der Waals surface area contributed by atoms with E-state index in [1.165, 1.54) is 0 Å². The van der Waals surface area contributed by atoms with Crippen LogP contribution in [0.1, 0.15) is 12.0 Å². The quantitative estimate of drug-likeness (QED) is 0.751. The molecule has 2 N–H and O–H groups in total. The molecule has 0 atom stereocenters. The molecule has 0 bridgehead atoms. The van der Waals surface area contributed by atoms with Crippen LogP contribution >= 0.6 is 0 Å². The summed E-state index contributed by atoms with van der Waals surface area (Å²) < 4.78 is 5.40. The van der Waals surface area contributed by atoms with Crippen molar-refractivity contribution in [1.82, 2.24) is 4.98 Å². The molecule has 82 valence electrons. The summed E-state index contributed by atoms with van der Waals surface area (Å²) in [7, 11) is 0. The molecule has 1 fully saturated rings. The van der Waals surface area contributed by atoms with Gasteiger partial charge in [0.1, 0.15) is 5.82 Å². The third-order valence-corrected chi connectivity index (χ3v) is 2.68. The van der Waals surface area contributed by atoms with Crippen LogP contribution in [0.15, 0.2) is 12.3 Å². The van der Waals surface area contributed by atoms with E-state index >= 15 is 0 Å². The lowest BCUT2D eigenvalue weighted by atomic mass is 10.2.